The highest BCUT2D eigenvalue weighted by Crippen LogP contribution is 2.18. The lowest BCUT2D eigenvalue weighted by Gasteiger charge is -2.04. The molecule has 0 saturated heterocycles. The minimum absolute atomic E-state index is 0.0398. The van der Waals surface area contributed by atoms with Gasteiger partial charge in [0.15, 0.2) is 0 Å². The van der Waals surface area contributed by atoms with Crippen molar-refractivity contribution in [1.82, 2.24) is 9.78 Å². The van der Waals surface area contributed by atoms with E-state index in [0.717, 1.165) is 10.7 Å². The van der Waals surface area contributed by atoms with Gasteiger partial charge >= 0.3 is 5.97 Å². The van der Waals surface area contributed by atoms with E-state index < -0.39 is 27.1 Å². The van der Waals surface area contributed by atoms with Gasteiger partial charge in [-0.05, 0) is 12.1 Å². The molecule has 0 spiro atoms. The van der Waals surface area contributed by atoms with E-state index in [9.17, 15) is 18.0 Å². The van der Waals surface area contributed by atoms with Crippen molar-refractivity contribution in [1.29, 1.82) is 0 Å². The molecule has 9 heteroatoms. The van der Waals surface area contributed by atoms with Crippen LogP contribution in [-0.2, 0) is 20.4 Å². The molecule has 0 amide bonds. The van der Waals surface area contributed by atoms with Crippen LogP contribution >= 0.6 is 10.7 Å². The molecule has 1 aromatic heterocycles. The van der Waals surface area contributed by atoms with Crippen LogP contribution in [0.4, 0.5) is 0 Å². The Hall–Kier alpha value is -1.93. The third kappa shape index (κ3) is 2.74. The first-order valence-corrected chi connectivity index (χ1v) is 7.26. The molecule has 7 nitrogen and oxygen atoms in total. The van der Waals surface area contributed by atoms with Gasteiger partial charge in [-0.2, -0.15) is 5.10 Å². The average Bonchev–Trinajstić information content (AvgIpc) is 2.31. The van der Waals surface area contributed by atoms with Gasteiger partial charge in [-0.1, -0.05) is 6.07 Å². The Morgan fingerprint density at radius 2 is 2.11 bits per heavy atom. The third-order valence-corrected chi connectivity index (χ3v) is 3.74. The number of aliphatic carboxylic acids is 1. The number of rotatable bonds is 3. The van der Waals surface area contributed by atoms with Crippen LogP contribution in [0.3, 0.4) is 0 Å². The third-order valence-electron chi connectivity index (χ3n) is 2.39. The summed E-state index contributed by atoms with van der Waals surface area (Å²) >= 11 is 0. The fourth-order valence-electron chi connectivity index (χ4n) is 1.55. The zero-order chi connectivity index (χ0) is 14.2. The van der Waals surface area contributed by atoms with Crippen molar-refractivity contribution in [2.45, 2.75) is 11.4 Å². The van der Waals surface area contributed by atoms with E-state index in [1.807, 2.05) is 0 Å². The molecular formula is C10H7ClN2O5S. The minimum atomic E-state index is -3.96. The van der Waals surface area contributed by atoms with E-state index >= 15 is 0 Å². The molecule has 0 bridgehead atoms. The maximum Gasteiger partial charge on any atom is 0.325 e. The van der Waals surface area contributed by atoms with Crippen molar-refractivity contribution in [3.63, 3.8) is 0 Å². The zero-order valence-corrected chi connectivity index (χ0v) is 10.8. The smallest absolute Gasteiger partial charge is 0.325 e. The van der Waals surface area contributed by atoms with Gasteiger partial charge in [0.05, 0.1) is 16.5 Å². The van der Waals surface area contributed by atoms with Crippen LogP contribution in [0.5, 0.6) is 0 Å². The molecule has 2 rings (SSSR count). The van der Waals surface area contributed by atoms with Gasteiger partial charge in [0.1, 0.15) is 6.54 Å². The molecule has 2 aromatic rings. The standard InChI is InChI=1S/C10H7ClN2O5S/c11-19(17,18)7-2-1-6-4-12-13(5-9(14)15)10(16)8(6)3-7/h1-4H,5H2,(H,14,15). The SMILES string of the molecule is O=C(O)Cn1ncc2ccc(S(=O)(=O)Cl)cc2c1=O. The largest absolute Gasteiger partial charge is 0.480 e. The summed E-state index contributed by atoms with van der Waals surface area (Å²) in [5, 5.41) is 12.7. The first-order valence-electron chi connectivity index (χ1n) is 4.95. The second-order valence-corrected chi connectivity index (χ2v) is 6.25. The molecule has 1 N–H and O–H groups in total. The van der Waals surface area contributed by atoms with Crippen molar-refractivity contribution in [3.8, 4) is 0 Å². The van der Waals surface area contributed by atoms with E-state index in [2.05, 4.69) is 5.10 Å². The Balaban J connectivity index is 2.73. The Labute approximate surface area is 111 Å². The van der Waals surface area contributed by atoms with Crippen LogP contribution in [0.2, 0.25) is 0 Å². The van der Waals surface area contributed by atoms with Gasteiger partial charge < -0.3 is 5.11 Å². The summed E-state index contributed by atoms with van der Waals surface area (Å²) in [5.74, 6) is -1.23. The highest BCUT2D eigenvalue weighted by atomic mass is 35.7. The van der Waals surface area contributed by atoms with Gasteiger partial charge in [-0.15, -0.1) is 0 Å². The van der Waals surface area contributed by atoms with Crippen molar-refractivity contribution >= 4 is 36.5 Å². The monoisotopic (exact) mass is 302 g/mol. The lowest BCUT2D eigenvalue weighted by molar-refractivity contribution is -0.137. The second kappa shape index (κ2) is 4.63. The number of carboxylic acids is 1. The summed E-state index contributed by atoms with van der Waals surface area (Å²) in [5.41, 5.74) is -0.693. The maximum absolute atomic E-state index is 11.9. The number of halogens is 1. The summed E-state index contributed by atoms with van der Waals surface area (Å²) in [6.07, 6.45) is 1.28. The first-order chi connectivity index (χ1) is 8.79. The summed E-state index contributed by atoms with van der Waals surface area (Å²) < 4.78 is 23.1. The van der Waals surface area contributed by atoms with Gasteiger partial charge in [-0.3, -0.25) is 9.59 Å². The molecule has 1 aromatic carbocycles. The van der Waals surface area contributed by atoms with Crippen molar-refractivity contribution in [3.05, 3.63) is 34.7 Å². The van der Waals surface area contributed by atoms with E-state index in [1.165, 1.54) is 18.3 Å². The zero-order valence-electron chi connectivity index (χ0n) is 9.28. The lowest BCUT2D eigenvalue weighted by atomic mass is 10.2. The Morgan fingerprint density at radius 3 is 2.68 bits per heavy atom. The predicted octanol–water partition coefficient (Wildman–Crippen LogP) is 0.409. The second-order valence-electron chi connectivity index (χ2n) is 3.69. The predicted molar refractivity (Wildman–Crippen MR) is 66.7 cm³/mol. The van der Waals surface area contributed by atoms with Gasteiger partial charge in [0, 0.05) is 16.1 Å². The molecule has 0 aliphatic rings. The summed E-state index contributed by atoms with van der Waals surface area (Å²) in [7, 11) is 1.23. The van der Waals surface area contributed by atoms with Gasteiger partial charge in [-0.25, -0.2) is 13.1 Å². The lowest BCUT2D eigenvalue weighted by Crippen LogP contribution is -2.26. The summed E-state index contributed by atoms with van der Waals surface area (Å²) in [6, 6.07) is 3.72. The molecule has 1 heterocycles. The fourth-order valence-corrected chi connectivity index (χ4v) is 2.33. The molecule has 0 fully saturated rings. The van der Waals surface area contributed by atoms with Gasteiger partial charge in [0.2, 0.25) is 0 Å². The molecule has 0 unspecified atom stereocenters. The van der Waals surface area contributed by atoms with Crippen LogP contribution in [0.1, 0.15) is 0 Å². The molecule has 0 aliphatic heterocycles. The number of nitrogens with zero attached hydrogens (tertiary/aromatic N) is 2. The van der Waals surface area contributed by atoms with Crippen molar-refractivity contribution in [2.75, 3.05) is 0 Å². The van der Waals surface area contributed by atoms with E-state index in [-0.39, 0.29) is 10.3 Å². The first kappa shape index (κ1) is 13.5. The van der Waals surface area contributed by atoms with Crippen molar-refractivity contribution < 1.29 is 18.3 Å². The van der Waals surface area contributed by atoms with Crippen LogP contribution in [-0.4, -0.2) is 29.3 Å². The Kier molecular flexibility index (Phi) is 3.29. The molecule has 0 aliphatic carbocycles. The number of aromatic nitrogens is 2. The number of hydrogen-bond donors (Lipinski definition) is 1. The molecular weight excluding hydrogens is 296 g/mol. The number of carboxylic acid groups (broad SMARTS) is 1. The molecule has 19 heavy (non-hydrogen) atoms. The average molecular weight is 303 g/mol. The molecule has 0 radical (unpaired) electrons. The van der Waals surface area contributed by atoms with E-state index in [4.69, 9.17) is 15.8 Å². The highest BCUT2D eigenvalue weighted by Gasteiger charge is 2.13. The Bertz CT molecular complexity index is 827. The van der Waals surface area contributed by atoms with Crippen LogP contribution in [0, 0.1) is 0 Å². The summed E-state index contributed by atoms with van der Waals surface area (Å²) in [6.45, 7) is -0.605. The van der Waals surface area contributed by atoms with Crippen LogP contribution in [0.25, 0.3) is 10.8 Å². The number of fused-ring (bicyclic) bond motifs is 1. The number of carbonyl (C=O) groups is 1. The van der Waals surface area contributed by atoms with E-state index in [1.54, 1.807) is 0 Å². The molecule has 0 saturated carbocycles. The van der Waals surface area contributed by atoms with Gasteiger partial charge in [0.25, 0.3) is 14.6 Å². The fraction of sp³-hybridized carbons (Fsp3) is 0.100. The Morgan fingerprint density at radius 1 is 1.42 bits per heavy atom. The normalized spacial score (nSPS) is 11.6. The topological polar surface area (TPSA) is 106 Å². The number of benzene rings is 1. The quantitative estimate of drug-likeness (QED) is 0.823. The molecule has 0 atom stereocenters. The maximum atomic E-state index is 11.9. The van der Waals surface area contributed by atoms with Crippen molar-refractivity contribution in [2.24, 2.45) is 0 Å². The summed E-state index contributed by atoms with van der Waals surface area (Å²) in [4.78, 5) is 22.3. The highest BCUT2D eigenvalue weighted by molar-refractivity contribution is 8.13. The molecule has 100 valence electrons. The van der Waals surface area contributed by atoms with E-state index in [0.29, 0.717) is 5.39 Å². The minimum Gasteiger partial charge on any atom is -0.480 e. The number of hydrogen-bond acceptors (Lipinski definition) is 5. The van der Waals surface area contributed by atoms with Crippen LogP contribution in [0.15, 0.2) is 34.1 Å². The van der Waals surface area contributed by atoms with Crippen LogP contribution < -0.4 is 5.56 Å².